The Bertz CT molecular complexity index is 458. The van der Waals surface area contributed by atoms with E-state index in [4.69, 9.17) is 0 Å². The van der Waals surface area contributed by atoms with Gasteiger partial charge in [-0.1, -0.05) is 18.2 Å². The van der Waals surface area contributed by atoms with Crippen LogP contribution in [0.5, 0.6) is 0 Å². The smallest absolute Gasteiger partial charge is 0.309 e. The van der Waals surface area contributed by atoms with E-state index in [0.717, 1.165) is 19.3 Å². The Balaban J connectivity index is 1.82. The van der Waals surface area contributed by atoms with Crippen molar-refractivity contribution in [2.75, 3.05) is 0 Å². The van der Waals surface area contributed by atoms with Gasteiger partial charge < -0.3 is 5.11 Å². The third kappa shape index (κ3) is 1.97. The zero-order chi connectivity index (χ0) is 11.9. The number of hydrogen-bond acceptors (Lipinski definition) is 1. The van der Waals surface area contributed by atoms with E-state index in [2.05, 4.69) is 18.2 Å². The zero-order valence-corrected chi connectivity index (χ0v) is 10.0. The molecule has 0 aliphatic heterocycles. The number of carboxylic acid groups (broad SMARTS) is 1. The summed E-state index contributed by atoms with van der Waals surface area (Å²) in [7, 11) is 0. The molecule has 0 radical (unpaired) electrons. The summed E-state index contributed by atoms with van der Waals surface area (Å²) in [5.74, 6) is -0.616. The molecule has 2 aliphatic carbocycles. The van der Waals surface area contributed by atoms with Crippen LogP contribution in [0.15, 0.2) is 18.2 Å². The summed E-state index contributed by atoms with van der Waals surface area (Å²) in [6.45, 7) is 0. The molecule has 0 aromatic heterocycles. The summed E-state index contributed by atoms with van der Waals surface area (Å²) >= 11 is 0. The van der Waals surface area contributed by atoms with Crippen LogP contribution in [0, 0.1) is 5.41 Å². The fourth-order valence-electron chi connectivity index (χ4n) is 2.90. The molecule has 3 rings (SSSR count). The zero-order valence-electron chi connectivity index (χ0n) is 10.0. The van der Waals surface area contributed by atoms with E-state index in [0.29, 0.717) is 0 Å². The summed E-state index contributed by atoms with van der Waals surface area (Å²) in [6.07, 6.45) is 7.35. The van der Waals surface area contributed by atoms with E-state index in [-0.39, 0.29) is 0 Å². The fraction of sp³-hybridized carbons (Fsp3) is 0.533. The summed E-state index contributed by atoms with van der Waals surface area (Å²) < 4.78 is 0. The second-order valence-corrected chi connectivity index (χ2v) is 5.57. The van der Waals surface area contributed by atoms with Crippen LogP contribution in [0.4, 0.5) is 0 Å². The first-order valence-corrected chi connectivity index (χ1v) is 6.54. The summed E-state index contributed by atoms with van der Waals surface area (Å²) in [5, 5.41) is 9.20. The molecule has 2 heteroatoms. The molecule has 1 aromatic rings. The number of carbonyl (C=O) groups is 1. The van der Waals surface area contributed by atoms with Crippen LogP contribution in [-0.4, -0.2) is 11.1 Å². The lowest BCUT2D eigenvalue weighted by Crippen LogP contribution is -2.17. The van der Waals surface area contributed by atoms with Crippen molar-refractivity contribution in [1.29, 1.82) is 0 Å². The van der Waals surface area contributed by atoms with E-state index in [9.17, 15) is 9.90 Å². The summed E-state index contributed by atoms with van der Waals surface area (Å²) in [5.41, 5.74) is 3.71. The first-order valence-electron chi connectivity index (χ1n) is 6.54. The molecule has 90 valence electrons. The second kappa shape index (κ2) is 3.86. The molecule has 1 N–H and O–H groups in total. The van der Waals surface area contributed by atoms with Gasteiger partial charge in [-0.15, -0.1) is 0 Å². The monoisotopic (exact) mass is 230 g/mol. The number of hydrogen-bond donors (Lipinski definition) is 1. The third-order valence-corrected chi connectivity index (χ3v) is 4.26. The number of aliphatic carboxylic acids is 1. The molecule has 1 saturated carbocycles. The highest BCUT2D eigenvalue weighted by Gasteiger charge is 2.49. The number of fused-ring (bicyclic) bond motifs is 1. The average Bonchev–Trinajstić information content (AvgIpc) is 3.10. The first kappa shape index (κ1) is 10.8. The first-order chi connectivity index (χ1) is 8.20. The van der Waals surface area contributed by atoms with Gasteiger partial charge in [-0.3, -0.25) is 4.79 Å². The molecular weight excluding hydrogens is 212 g/mol. The van der Waals surface area contributed by atoms with Crippen LogP contribution in [0.2, 0.25) is 0 Å². The van der Waals surface area contributed by atoms with Gasteiger partial charge in [0, 0.05) is 0 Å². The fourth-order valence-corrected chi connectivity index (χ4v) is 2.90. The van der Waals surface area contributed by atoms with Crippen LogP contribution >= 0.6 is 0 Å². The number of carboxylic acids is 1. The number of benzene rings is 1. The van der Waals surface area contributed by atoms with Crippen molar-refractivity contribution >= 4 is 5.97 Å². The molecule has 17 heavy (non-hydrogen) atoms. The van der Waals surface area contributed by atoms with Gasteiger partial charge in [0.15, 0.2) is 0 Å². The molecule has 1 fully saturated rings. The van der Waals surface area contributed by atoms with Gasteiger partial charge in [-0.2, -0.15) is 0 Å². The summed E-state index contributed by atoms with van der Waals surface area (Å²) in [4.78, 5) is 11.2. The van der Waals surface area contributed by atoms with Crippen LogP contribution in [0.1, 0.15) is 42.4 Å². The van der Waals surface area contributed by atoms with Crippen molar-refractivity contribution in [1.82, 2.24) is 0 Å². The molecular formula is C15H18O2. The van der Waals surface area contributed by atoms with Crippen LogP contribution in [0.25, 0.3) is 0 Å². The highest BCUT2D eigenvalue weighted by Crippen LogP contribution is 2.48. The molecule has 0 heterocycles. The van der Waals surface area contributed by atoms with Crippen molar-refractivity contribution in [2.45, 2.75) is 44.9 Å². The minimum Gasteiger partial charge on any atom is -0.481 e. The predicted molar refractivity (Wildman–Crippen MR) is 66.1 cm³/mol. The lowest BCUT2D eigenvalue weighted by Gasteiger charge is -2.17. The van der Waals surface area contributed by atoms with Gasteiger partial charge >= 0.3 is 5.97 Å². The van der Waals surface area contributed by atoms with Crippen molar-refractivity contribution < 1.29 is 9.90 Å². The van der Waals surface area contributed by atoms with E-state index in [1.807, 2.05) is 0 Å². The minimum atomic E-state index is -0.616. The molecule has 1 aromatic carbocycles. The molecule has 2 aliphatic rings. The van der Waals surface area contributed by atoms with Crippen molar-refractivity contribution in [3.63, 3.8) is 0 Å². The van der Waals surface area contributed by atoms with Crippen molar-refractivity contribution in [2.24, 2.45) is 5.41 Å². The molecule has 0 spiro atoms. The average molecular weight is 230 g/mol. The predicted octanol–water partition coefficient (Wildman–Crippen LogP) is 2.97. The molecule has 0 unspecified atom stereocenters. The minimum absolute atomic E-state index is 0.428. The number of aryl methyl sites for hydroxylation is 2. The maximum Gasteiger partial charge on any atom is 0.309 e. The van der Waals surface area contributed by atoms with E-state index in [1.165, 1.54) is 42.4 Å². The SMILES string of the molecule is O=C(O)C1(Cc2ccc3c(c2)CCCC3)CC1. The lowest BCUT2D eigenvalue weighted by molar-refractivity contribution is -0.143. The number of rotatable bonds is 3. The van der Waals surface area contributed by atoms with Crippen LogP contribution in [0.3, 0.4) is 0 Å². The normalized spacial score (nSPS) is 20.7. The molecule has 0 bridgehead atoms. The maximum atomic E-state index is 11.2. The summed E-state index contributed by atoms with van der Waals surface area (Å²) in [6, 6.07) is 6.59. The third-order valence-electron chi connectivity index (χ3n) is 4.26. The molecule has 2 nitrogen and oxygen atoms in total. The van der Waals surface area contributed by atoms with E-state index < -0.39 is 11.4 Å². The standard InChI is InChI=1S/C15H18O2/c16-14(17)15(7-8-15)10-11-5-6-12-3-1-2-4-13(12)9-11/h5-6,9H,1-4,7-8,10H2,(H,16,17). The lowest BCUT2D eigenvalue weighted by atomic mass is 9.88. The Labute approximate surface area is 102 Å². The van der Waals surface area contributed by atoms with Crippen LogP contribution in [-0.2, 0) is 24.1 Å². The Kier molecular flexibility index (Phi) is 2.46. The van der Waals surface area contributed by atoms with Crippen LogP contribution < -0.4 is 0 Å². The highest BCUT2D eigenvalue weighted by atomic mass is 16.4. The van der Waals surface area contributed by atoms with Gasteiger partial charge in [-0.25, -0.2) is 0 Å². The molecule has 0 amide bonds. The Hall–Kier alpha value is -1.31. The Morgan fingerprint density at radius 3 is 2.53 bits per heavy atom. The van der Waals surface area contributed by atoms with Gasteiger partial charge in [0.05, 0.1) is 5.41 Å². The van der Waals surface area contributed by atoms with Gasteiger partial charge in [0.25, 0.3) is 0 Å². The Morgan fingerprint density at radius 2 is 1.88 bits per heavy atom. The quantitative estimate of drug-likeness (QED) is 0.866. The van der Waals surface area contributed by atoms with Gasteiger partial charge in [0.2, 0.25) is 0 Å². The largest absolute Gasteiger partial charge is 0.481 e. The van der Waals surface area contributed by atoms with Gasteiger partial charge in [-0.05, 0) is 61.6 Å². The topological polar surface area (TPSA) is 37.3 Å². The van der Waals surface area contributed by atoms with E-state index >= 15 is 0 Å². The Morgan fingerprint density at radius 1 is 1.18 bits per heavy atom. The van der Waals surface area contributed by atoms with E-state index in [1.54, 1.807) is 0 Å². The maximum absolute atomic E-state index is 11.2. The van der Waals surface area contributed by atoms with Crippen molar-refractivity contribution in [3.05, 3.63) is 34.9 Å². The highest BCUT2D eigenvalue weighted by molar-refractivity contribution is 5.78. The molecule has 0 saturated heterocycles. The van der Waals surface area contributed by atoms with Crippen molar-refractivity contribution in [3.8, 4) is 0 Å². The second-order valence-electron chi connectivity index (χ2n) is 5.57. The molecule has 0 atom stereocenters. The van der Waals surface area contributed by atoms with Gasteiger partial charge in [0.1, 0.15) is 0 Å².